The molecule has 0 aliphatic carbocycles. The Hall–Kier alpha value is -1.17. The van der Waals surface area contributed by atoms with E-state index in [0.717, 1.165) is 26.2 Å². The number of benzene rings is 1. The molecule has 2 atom stereocenters. The van der Waals surface area contributed by atoms with Gasteiger partial charge in [-0.15, -0.1) is 0 Å². The molecule has 1 heterocycles. The Morgan fingerprint density at radius 3 is 2.95 bits per heavy atom. The summed E-state index contributed by atoms with van der Waals surface area (Å²) >= 11 is 0. The Kier molecular flexibility index (Phi) is 5.96. The van der Waals surface area contributed by atoms with Crippen LogP contribution < -0.4 is 10.1 Å². The summed E-state index contributed by atoms with van der Waals surface area (Å²) in [6.07, 6.45) is -0.0553. The van der Waals surface area contributed by atoms with E-state index in [9.17, 15) is 4.39 Å². The fraction of sp³-hybridized carbons (Fsp3) is 0.625. The molecule has 5 heteroatoms. The second-order valence-corrected chi connectivity index (χ2v) is 5.20. The first kappa shape index (κ1) is 16.2. The molecule has 2 unspecified atom stereocenters. The van der Waals surface area contributed by atoms with Crippen molar-refractivity contribution in [1.29, 1.82) is 0 Å². The predicted molar refractivity (Wildman–Crippen MR) is 81.2 cm³/mol. The number of nitrogens with one attached hydrogen (secondary N) is 1. The van der Waals surface area contributed by atoms with E-state index in [-0.39, 0.29) is 23.7 Å². The van der Waals surface area contributed by atoms with E-state index in [1.807, 2.05) is 13.0 Å². The Morgan fingerprint density at radius 2 is 2.29 bits per heavy atom. The standard InChI is InChI=1S/C16H25FN2O2/c1-4-18-16(14-11-19(5-2)9-10-21-14)12-7-6-8-13(20-3)15(12)17/h6-8,14,16,18H,4-5,9-11H2,1-3H3. The van der Waals surface area contributed by atoms with Crippen molar-refractivity contribution in [2.24, 2.45) is 0 Å². The van der Waals surface area contributed by atoms with Crippen LogP contribution in [0.5, 0.6) is 5.75 Å². The first-order valence-corrected chi connectivity index (χ1v) is 7.61. The van der Waals surface area contributed by atoms with Crippen LogP contribution in [0, 0.1) is 5.82 Å². The number of halogens is 1. The predicted octanol–water partition coefficient (Wildman–Crippen LogP) is 2.21. The lowest BCUT2D eigenvalue weighted by atomic mass is 9.98. The summed E-state index contributed by atoms with van der Waals surface area (Å²) in [7, 11) is 1.49. The maximum absolute atomic E-state index is 14.5. The third-order valence-corrected chi connectivity index (χ3v) is 3.97. The van der Waals surface area contributed by atoms with Crippen LogP contribution in [-0.2, 0) is 4.74 Å². The van der Waals surface area contributed by atoms with Crippen molar-refractivity contribution >= 4 is 0 Å². The summed E-state index contributed by atoms with van der Waals surface area (Å²) in [5.41, 5.74) is 0.610. The number of morpholine rings is 1. The molecule has 1 aromatic carbocycles. The molecule has 1 fully saturated rings. The Labute approximate surface area is 126 Å². The van der Waals surface area contributed by atoms with Gasteiger partial charge in [0.2, 0.25) is 0 Å². The number of methoxy groups -OCH3 is 1. The van der Waals surface area contributed by atoms with E-state index in [1.54, 1.807) is 12.1 Å². The SMILES string of the molecule is CCNC(c1cccc(OC)c1F)C1CN(CC)CCO1. The summed E-state index contributed by atoms with van der Waals surface area (Å²) in [6, 6.07) is 5.10. The minimum atomic E-state index is -0.303. The van der Waals surface area contributed by atoms with Gasteiger partial charge in [-0.05, 0) is 19.2 Å². The molecule has 1 aromatic rings. The molecule has 0 spiro atoms. The molecule has 1 aliphatic rings. The van der Waals surface area contributed by atoms with E-state index in [0.29, 0.717) is 12.2 Å². The fourth-order valence-corrected chi connectivity index (χ4v) is 2.81. The molecule has 0 saturated carbocycles. The zero-order valence-electron chi connectivity index (χ0n) is 13.1. The second-order valence-electron chi connectivity index (χ2n) is 5.20. The van der Waals surface area contributed by atoms with Gasteiger partial charge in [0, 0.05) is 18.7 Å². The van der Waals surface area contributed by atoms with Crippen molar-refractivity contribution < 1.29 is 13.9 Å². The Morgan fingerprint density at radius 1 is 1.48 bits per heavy atom. The monoisotopic (exact) mass is 296 g/mol. The first-order chi connectivity index (χ1) is 10.2. The largest absolute Gasteiger partial charge is 0.494 e. The van der Waals surface area contributed by atoms with Gasteiger partial charge in [0.05, 0.1) is 25.9 Å². The van der Waals surface area contributed by atoms with Gasteiger partial charge in [0.1, 0.15) is 0 Å². The number of hydrogen-bond donors (Lipinski definition) is 1. The lowest BCUT2D eigenvalue weighted by Gasteiger charge is -2.37. The quantitative estimate of drug-likeness (QED) is 0.872. The van der Waals surface area contributed by atoms with Gasteiger partial charge in [-0.3, -0.25) is 4.90 Å². The molecule has 0 bridgehead atoms. The average Bonchev–Trinajstić information content (AvgIpc) is 2.53. The highest BCUT2D eigenvalue weighted by Gasteiger charge is 2.30. The molecule has 0 aromatic heterocycles. The van der Waals surface area contributed by atoms with Crippen LogP contribution >= 0.6 is 0 Å². The van der Waals surface area contributed by atoms with Gasteiger partial charge in [0.25, 0.3) is 0 Å². The zero-order chi connectivity index (χ0) is 15.2. The summed E-state index contributed by atoms with van der Waals surface area (Å²) in [4.78, 5) is 2.33. The maximum Gasteiger partial charge on any atom is 0.169 e. The van der Waals surface area contributed by atoms with Crippen LogP contribution in [0.4, 0.5) is 4.39 Å². The normalized spacial score (nSPS) is 21.2. The zero-order valence-corrected chi connectivity index (χ0v) is 13.1. The highest BCUT2D eigenvalue weighted by molar-refractivity contribution is 5.33. The Balaban J connectivity index is 2.26. The lowest BCUT2D eigenvalue weighted by Crippen LogP contribution is -2.48. The number of likely N-dealkylation sites (N-methyl/N-ethyl adjacent to an activating group) is 2. The molecular formula is C16H25FN2O2. The molecular weight excluding hydrogens is 271 g/mol. The second kappa shape index (κ2) is 7.73. The fourth-order valence-electron chi connectivity index (χ4n) is 2.81. The van der Waals surface area contributed by atoms with Crippen LogP contribution in [0.2, 0.25) is 0 Å². The number of ether oxygens (including phenoxy) is 2. The highest BCUT2D eigenvalue weighted by atomic mass is 19.1. The molecule has 118 valence electrons. The van der Waals surface area contributed by atoms with Crippen molar-refractivity contribution in [3.8, 4) is 5.75 Å². The van der Waals surface area contributed by atoms with Crippen molar-refractivity contribution in [3.05, 3.63) is 29.6 Å². The maximum atomic E-state index is 14.5. The summed E-state index contributed by atoms with van der Waals surface area (Å²) in [5, 5.41) is 3.36. The molecule has 1 N–H and O–H groups in total. The first-order valence-electron chi connectivity index (χ1n) is 7.61. The van der Waals surface area contributed by atoms with Crippen LogP contribution in [0.15, 0.2) is 18.2 Å². The van der Waals surface area contributed by atoms with Crippen molar-refractivity contribution in [2.75, 3.05) is 39.9 Å². The average molecular weight is 296 g/mol. The smallest absolute Gasteiger partial charge is 0.169 e. The Bertz CT molecular complexity index is 456. The molecule has 21 heavy (non-hydrogen) atoms. The number of hydrogen-bond acceptors (Lipinski definition) is 4. The van der Waals surface area contributed by atoms with Crippen LogP contribution in [0.1, 0.15) is 25.5 Å². The van der Waals surface area contributed by atoms with Gasteiger partial charge in [0.15, 0.2) is 11.6 Å². The molecule has 4 nitrogen and oxygen atoms in total. The lowest BCUT2D eigenvalue weighted by molar-refractivity contribution is -0.0459. The summed E-state index contributed by atoms with van der Waals surface area (Å²) < 4.78 is 25.5. The van der Waals surface area contributed by atoms with Crippen molar-refractivity contribution in [2.45, 2.75) is 26.0 Å². The van der Waals surface area contributed by atoms with Gasteiger partial charge >= 0.3 is 0 Å². The minimum absolute atomic E-state index is 0.0553. The van der Waals surface area contributed by atoms with Crippen molar-refractivity contribution in [1.82, 2.24) is 10.2 Å². The van der Waals surface area contributed by atoms with Crippen molar-refractivity contribution in [3.63, 3.8) is 0 Å². The highest BCUT2D eigenvalue weighted by Crippen LogP contribution is 2.29. The van der Waals surface area contributed by atoms with E-state index >= 15 is 0 Å². The van der Waals surface area contributed by atoms with E-state index in [2.05, 4.69) is 17.1 Å². The van der Waals surface area contributed by atoms with Gasteiger partial charge in [-0.25, -0.2) is 4.39 Å². The minimum Gasteiger partial charge on any atom is -0.494 e. The summed E-state index contributed by atoms with van der Waals surface area (Å²) in [6.45, 7) is 8.33. The molecule has 0 amide bonds. The summed E-state index contributed by atoms with van der Waals surface area (Å²) in [5.74, 6) is -0.0262. The topological polar surface area (TPSA) is 33.7 Å². The number of nitrogens with zero attached hydrogens (tertiary/aromatic N) is 1. The molecule has 2 rings (SSSR count). The molecule has 1 saturated heterocycles. The van der Waals surface area contributed by atoms with Crippen LogP contribution in [-0.4, -0.2) is 50.9 Å². The van der Waals surface area contributed by atoms with E-state index in [4.69, 9.17) is 9.47 Å². The third-order valence-electron chi connectivity index (χ3n) is 3.97. The van der Waals surface area contributed by atoms with Gasteiger partial charge < -0.3 is 14.8 Å². The van der Waals surface area contributed by atoms with Crippen LogP contribution in [0.3, 0.4) is 0 Å². The third kappa shape index (κ3) is 3.73. The number of rotatable bonds is 6. The molecule has 0 radical (unpaired) electrons. The van der Waals surface area contributed by atoms with Gasteiger partial charge in [-0.1, -0.05) is 26.0 Å². The van der Waals surface area contributed by atoms with E-state index in [1.165, 1.54) is 7.11 Å². The molecule has 1 aliphatic heterocycles. The van der Waals surface area contributed by atoms with Gasteiger partial charge in [-0.2, -0.15) is 0 Å². The van der Waals surface area contributed by atoms with Crippen LogP contribution in [0.25, 0.3) is 0 Å². The van der Waals surface area contributed by atoms with E-state index < -0.39 is 0 Å².